The van der Waals surface area contributed by atoms with Crippen LogP contribution in [0.5, 0.6) is 0 Å². The minimum atomic E-state index is -0.493. The molecule has 0 radical (unpaired) electrons. The van der Waals surface area contributed by atoms with Crippen molar-refractivity contribution in [3.8, 4) is 0 Å². The molecule has 1 rings (SSSR count). The summed E-state index contributed by atoms with van der Waals surface area (Å²) in [5, 5.41) is 17.7. The molecule has 1 aliphatic heterocycles. The number of amides is 2. The predicted molar refractivity (Wildman–Crippen MR) is 58.7 cm³/mol. The van der Waals surface area contributed by atoms with Gasteiger partial charge in [0.05, 0.1) is 6.10 Å². The number of hydrogen-bond donors (Lipinski definition) is 4. The Labute approximate surface area is 90.6 Å². The zero-order chi connectivity index (χ0) is 11.1. The van der Waals surface area contributed by atoms with Gasteiger partial charge >= 0.3 is 6.03 Å². The summed E-state index contributed by atoms with van der Waals surface area (Å²) in [6, 6.07) is -0.193. The summed E-state index contributed by atoms with van der Waals surface area (Å²) in [5.41, 5.74) is 0. The number of rotatable bonds is 4. The maximum absolute atomic E-state index is 11.2. The molecule has 5 nitrogen and oxygen atoms in total. The van der Waals surface area contributed by atoms with E-state index in [0.717, 1.165) is 13.1 Å². The number of carbonyl (C=O) groups excluding carboxylic acids is 1. The highest BCUT2D eigenvalue weighted by Gasteiger charge is 2.13. The fourth-order valence-corrected chi connectivity index (χ4v) is 1.64. The quantitative estimate of drug-likeness (QED) is 0.518. The average molecular weight is 215 g/mol. The average Bonchev–Trinajstić information content (AvgIpc) is 2.25. The van der Waals surface area contributed by atoms with Gasteiger partial charge < -0.3 is 21.1 Å². The standard InChI is InChI=1S/C10H21N3O2/c1-8(14)5-12-10(15)13-7-9-3-2-4-11-6-9/h8-9,11,14H,2-7H2,1H3,(H2,12,13,15). The smallest absolute Gasteiger partial charge is 0.314 e. The fraction of sp³-hybridized carbons (Fsp3) is 0.900. The monoisotopic (exact) mass is 215 g/mol. The summed E-state index contributed by atoms with van der Waals surface area (Å²) in [7, 11) is 0. The Morgan fingerprint density at radius 3 is 3.00 bits per heavy atom. The van der Waals surface area contributed by atoms with Crippen LogP contribution in [0.15, 0.2) is 0 Å². The summed E-state index contributed by atoms with van der Waals surface area (Å²) in [6.45, 7) is 4.72. The van der Waals surface area contributed by atoms with Gasteiger partial charge in [-0.2, -0.15) is 0 Å². The van der Waals surface area contributed by atoms with E-state index in [1.165, 1.54) is 12.8 Å². The Balaban J connectivity index is 2.05. The van der Waals surface area contributed by atoms with Crippen molar-refractivity contribution in [3.63, 3.8) is 0 Å². The molecule has 15 heavy (non-hydrogen) atoms. The van der Waals surface area contributed by atoms with Gasteiger partial charge in [0.1, 0.15) is 0 Å². The molecule has 2 unspecified atom stereocenters. The maximum atomic E-state index is 11.2. The van der Waals surface area contributed by atoms with E-state index >= 15 is 0 Å². The summed E-state index contributed by atoms with van der Waals surface area (Å²) < 4.78 is 0. The molecule has 88 valence electrons. The molecule has 0 aromatic heterocycles. The molecule has 0 aromatic rings. The van der Waals surface area contributed by atoms with Gasteiger partial charge in [0.25, 0.3) is 0 Å². The number of carbonyl (C=O) groups is 1. The van der Waals surface area contributed by atoms with Crippen molar-refractivity contribution < 1.29 is 9.90 Å². The largest absolute Gasteiger partial charge is 0.392 e. The van der Waals surface area contributed by atoms with Gasteiger partial charge in [-0.25, -0.2) is 4.79 Å². The minimum absolute atomic E-state index is 0.193. The van der Waals surface area contributed by atoms with Crippen molar-refractivity contribution in [1.29, 1.82) is 0 Å². The third-order valence-corrected chi connectivity index (χ3v) is 2.51. The van der Waals surface area contributed by atoms with E-state index in [1.807, 2.05) is 0 Å². The molecule has 5 heteroatoms. The second-order valence-electron chi connectivity index (χ2n) is 4.15. The van der Waals surface area contributed by atoms with Gasteiger partial charge in [0, 0.05) is 13.1 Å². The van der Waals surface area contributed by atoms with Crippen molar-refractivity contribution in [1.82, 2.24) is 16.0 Å². The van der Waals surface area contributed by atoms with Crippen LogP contribution in [0, 0.1) is 5.92 Å². The van der Waals surface area contributed by atoms with Crippen molar-refractivity contribution in [2.45, 2.75) is 25.9 Å². The van der Waals surface area contributed by atoms with E-state index < -0.39 is 6.10 Å². The lowest BCUT2D eigenvalue weighted by atomic mass is 10.00. The third kappa shape index (κ3) is 5.59. The molecule has 0 bridgehead atoms. The van der Waals surface area contributed by atoms with Crippen LogP contribution in [0.4, 0.5) is 4.79 Å². The zero-order valence-electron chi connectivity index (χ0n) is 9.25. The van der Waals surface area contributed by atoms with Crippen LogP contribution < -0.4 is 16.0 Å². The van der Waals surface area contributed by atoms with Gasteiger partial charge in [-0.05, 0) is 38.8 Å². The number of piperidine rings is 1. The molecule has 4 N–H and O–H groups in total. The highest BCUT2D eigenvalue weighted by atomic mass is 16.3. The molecule has 0 spiro atoms. The molecule has 1 fully saturated rings. The minimum Gasteiger partial charge on any atom is -0.392 e. The maximum Gasteiger partial charge on any atom is 0.314 e. The Morgan fingerprint density at radius 2 is 2.40 bits per heavy atom. The van der Waals surface area contributed by atoms with Crippen molar-refractivity contribution in [2.24, 2.45) is 5.92 Å². The number of aliphatic hydroxyl groups excluding tert-OH is 1. The molecule has 1 saturated heterocycles. The third-order valence-electron chi connectivity index (χ3n) is 2.51. The van der Waals surface area contributed by atoms with E-state index in [4.69, 9.17) is 5.11 Å². The van der Waals surface area contributed by atoms with E-state index in [1.54, 1.807) is 6.92 Å². The van der Waals surface area contributed by atoms with Crippen LogP contribution in [-0.2, 0) is 0 Å². The molecule has 0 aromatic carbocycles. The summed E-state index contributed by atoms with van der Waals surface area (Å²) in [5.74, 6) is 0.538. The number of aliphatic hydroxyl groups is 1. The molecule has 2 atom stereocenters. The summed E-state index contributed by atoms with van der Waals surface area (Å²) in [4.78, 5) is 11.2. The predicted octanol–water partition coefficient (Wildman–Crippen LogP) is -0.334. The lowest BCUT2D eigenvalue weighted by Gasteiger charge is -2.22. The van der Waals surface area contributed by atoms with E-state index in [0.29, 0.717) is 19.0 Å². The molecule has 2 amide bonds. The van der Waals surface area contributed by atoms with Crippen molar-refractivity contribution >= 4 is 6.03 Å². The lowest BCUT2D eigenvalue weighted by molar-refractivity contribution is 0.187. The number of urea groups is 1. The van der Waals surface area contributed by atoms with Crippen molar-refractivity contribution in [2.75, 3.05) is 26.2 Å². The van der Waals surface area contributed by atoms with Crippen LogP contribution in [-0.4, -0.2) is 43.4 Å². The first-order valence-corrected chi connectivity index (χ1v) is 5.59. The van der Waals surface area contributed by atoms with Crippen LogP contribution in [0.1, 0.15) is 19.8 Å². The summed E-state index contributed by atoms with van der Waals surface area (Å²) >= 11 is 0. The highest BCUT2D eigenvalue weighted by Crippen LogP contribution is 2.07. The van der Waals surface area contributed by atoms with Crippen molar-refractivity contribution in [3.05, 3.63) is 0 Å². The van der Waals surface area contributed by atoms with Crippen LogP contribution in [0.25, 0.3) is 0 Å². The normalized spacial score (nSPS) is 23.2. The second-order valence-corrected chi connectivity index (χ2v) is 4.15. The Bertz CT molecular complexity index is 191. The first kappa shape index (κ1) is 12.3. The van der Waals surface area contributed by atoms with Crippen LogP contribution >= 0.6 is 0 Å². The Kier molecular flexibility index (Phi) is 5.42. The highest BCUT2D eigenvalue weighted by molar-refractivity contribution is 5.73. The molecule has 1 heterocycles. The number of nitrogens with one attached hydrogen (secondary N) is 3. The molecular formula is C10H21N3O2. The molecule has 0 saturated carbocycles. The summed E-state index contributed by atoms with van der Waals surface area (Å²) in [6.07, 6.45) is 1.86. The van der Waals surface area contributed by atoms with Gasteiger partial charge in [-0.15, -0.1) is 0 Å². The fourth-order valence-electron chi connectivity index (χ4n) is 1.64. The first-order valence-electron chi connectivity index (χ1n) is 5.59. The SMILES string of the molecule is CC(O)CNC(=O)NCC1CCCNC1. The molecule has 1 aliphatic rings. The van der Waals surface area contributed by atoms with E-state index in [-0.39, 0.29) is 6.03 Å². The first-order chi connectivity index (χ1) is 7.18. The topological polar surface area (TPSA) is 73.4 Å². The van der Waals surface area contributed by atoms with E-state index in [2.05, 4.69) is 16.0 Å². The van der Waals surface area contributed by atoms with Gasteiger partial charge in [-0.3, -0.25) is 0 Å². The number of hydrogen-bond acceptors (Lipinski definition) is 3. The lowest BCUT2D eigenvalue weighted by Crippen LogP contribution is -2.43. The van der Waals surface area contributed by atoms with Gasteiger partial charge in [-0.1, -0.05) is 0 Å². The van der Waals surface area contributed by atoms with Gasteiger partial charge in [0.2, 0.25) is 0 Å². The van der Waals surface area contributed by atoms with Crippen LogP contribution in [0.2, 0.25) is 0 Å². The molecular weight excluding hydrogens is 194 g/mol. The van der Waals surface area contributed by atoms with E-state index in [9.17, 15) is 4.79 Å². The molecule has 0 aliphatic carbocycles. The van der Waals surface area contributed by atoms with Gasteiger partial charge in [0.15, 0.2) is 0 Å². The van der Waals surface area contributed by atoms with Crippen LogP contribution in [0.3, 0.4) is 0 Å². The Hall–Kier alpha value is -0.810. The zero-order valence-corrected chi connectivity index (χ0v) is 9.25. The second kappa shape index (κ2) is 6.63. The Morgan fingerprint density at radius 1 is 1.60 bits per heavy atom.